The van der Waals surface area contributed by atoms with Gasteiger partial charge in [0, 0.05) is 26.2 Å². The van der Waals surface area contributed by atoms with Crippen LogP contribution in [0.1, 0.15) is 51.8 Å². The van der Waals surface area contributed by atoms with E-state index in [1.165, 1.54) is 12.8 Å². The maximum absolute atomic E-state index is 12.8. The molecule has 0 N–H and O–H groups in total. The first kappa shape index (κ1) is 17.2. The molecule has 2 aromatic heterocycles. The molecule has 2 amide bonds. The van der Waals surface area contributed by atoms with Crippen molar-refractivity contribution in [2.24, 2.45) is 0 Å². The Kier molecular flexibility index (Phi) is 4.87. The van der Waals surface area contributed by atoms with E-state index < -0.39 is 0 Å². The minimum atomic E-state index is -0.207. The van der Waals surface area contributed by atoms with E-state index in [9.17, 15) is 9.59 Å². The third kappa shape index (κ3) is 3.42. The Morgan fingerprint density at radius 3 is 2.40 bits per heavy atom. The van der Waals surface area contributed by atoms with Gasteiger partial charge in [-0.15, -0.1) is 0 Å². The van der Waals surface area contributed by atoms with Crippen molar-refractivity contribution < 1.29 is 18.4 Å². The van der Waals surface area contributed by atoms with E-state index in [4.69, 9.17) is 8.83 Å². The number of carbonyl (C=O) groups is 2. The minimum Gasteiger partial charge on any atom is -0.448 e. The average Bonchev–Trinajstić information content (AvgIpc) is 3.22. The Morgan fingerprint density at radius 2 is 1.80 bits per heavy atom. The van der Waals surface area contributed by atoms with Crippen LogP contribution in [0.4, 0.5) is 0 Å². The zero-order valence-electron chi connectivity index (χ0n) is 14.7. The van der Waals surface area contributed by atoms with E-state index in [0.717, 1.165) is 19.3 Å². The number of rotatable bonds is 4. The number of oxazole rings is 2. The zero-order chi connectivity index (χ0) is 18.0. The van der Waals surface area contributed by atoms with Crippen molar-refractivity contribution in [1.82, 2.24) is 19.8 Å². The first-order valence-corrected chi connectivity index (χ1v) is 8.35. The Morgan fingerprint density at radius 1 is 1.16 bits per heavy atom. The Hall–Kier alpha value is -2.64. The molecule has 3 heterocycles. The number of likely N-dealkylation sites (tertiary alicyclic amines) is 1. The number of carbonyl (C=O) groups excluding carboxylic acids is 2. The van der Waals surface area contributed by atoms with Gasteiger partial charge >= 0.3 is 0 Å². The van der Waals surface area contributed by atoms with Crippen LogP contribution in [0, 0.1) is 13.8 Å². The molecule has 25 heavy (non-hydrogen) atoms. The summed E-state index contributed by atoms with van der Waals surface area (Å²) in [5, 5.41) is 0. The fourth-order valence-corrected chi connectivity index (χ4v) is 3.19. The molecule has 0 aromatic carbocycles. The molecular weight excluding hydrogens is 324 g/mol. The van der Waals surface area contributed by atoms with Crippen LogP contribution in [0.5, 0.6) is 0 Å². The van der Waals surface area contributed by atoms with Crippen LogP contribution in [0.2, 0.25) is 0 Å². The molecule has 0 radical (unpaired) electrons. The van der Waals surface area contributed by atoms with Gasteiger partial charge in [0.05, 0.1) is 0 Å². The highest BCUT2D eigenvalue weighted by Crippen LogP contribution is 2.22. The van der Waals surface area contributed by atoms with Crippen molar-refractivity contribution in [1.29, 1.82) is 0 Å². The maximum Gasteiger partial charge on any atom is 0.276 e. The van der Waals surface area contributed by atoms with Gasteiger partial charge in [-0.05, 0) is 33.1 Å². The molecule has 2 aromatic rings. The van der Waals surface area contributed by atoms with Crippen LogP contribution in [0.3, 0.4) is 0 Å². The molecule has 1 saturated heterocycles. The monoisotopic (exact) mass is 346 g/mol. The normalized spacial score (nSPS) is 17.6. The van der Waals surface area contributed by atoms with Crippen molar-refractivity contribution in [3.05, 3.63) is 35.7 Å². The Balaban J connectivity index is 1.73. The van der Waals surface area contributed by atoms with Crippen molar-refractivity contribution in [3.8, 4) is 0 Å². The van der Waals surface area contributed by atoms with E-state index in [2.05, 4.69) is 9.97 Å². The Labute approximate surface area is 145 Å². The summed E-state index contributed by atoms with van der Waals surface area (Å²) < 4.78 is 10.3. The number of hydrogen-bond acceptors (Lipinski definition) is 6. The van der Waals surface area contributed by atoms with Crippen molar-refractivity contribution in [3.63, 3.8) is 0 Å². The molecule has 8 nitrogen and oxygen atoms in total. The van der Waals surface area contributed by atoms with Gasteiger partial charge in [0.2, 0.25) is 0 Å². The van der Waals surface area contributed by atoms with E-state index in [1.807, 2.05) is 0 Å². The highest BCUT2D eigenvalue weighted by molar-refractivity contribution is 5.94. The summed E-state index contributed by atoms with van der Waals surface area (Å²) in [4.78, 5) is 36.7. The molecular formula is C17H22N4O4. The number of nitrogens with zero attached hydrogens (tertiary/aromatic N) is 4. The maximum atomic E-state index is 12.8. The van der Waals surface area contributed by atoms with E-state index in [-0.39, 0.29) is 17.9 Å². The molecule has 1 fully saturated rings. The van der Waals surface area contributed by atoms with Gasteiger partial charge in [-0.3, -0.25) is 9.59 Å². The number of likely N-dealkylation sites (N-methyl/N-ethyl adjacent to an activating group) is 1. The van der Waals surface area contributed by atoms with Gasteiger partial charge in [0.1, 0.15) is 11.5 Å². The summed E-state index contributed by atoms with van der Waals surface area (Å²) >= 11 is 0. The van der Waals surface area contributed by atoms with Gasteiger partial charge in [-0.2, -0.15) is 0 Å². The first-order chi connectivity index (χ1) is 12.0. The second-order valence-corrected chi connectivity index (χ2v) is 6.35. The quantitative estimate of drug-likeness (QED) is 0.841. The number of aromatic nitrogens is 2. The molecule has 1 atom stereocenters. The Bertz CT molecular complexity index is 766. The van der Waals surface area contributed by atoms with Crippen LogP contribution >= 0.6 is 0 Å². The van der Waals surface area contributed by atoms with Crippen molar-refractivity contribution in [2.45, 2.75) is 39.2 Å². The van der Waals surface area contributed by atoms with Crippen molar-refractivity contribution >= 4 is 11.8 Å². The second kappa shape index (κ2) is 7.08. The highest BCUT2D eigenvalue weighted by Gasteiger charge is 2.32. The number of hydrogen-bond donors (Lipinski definition) is 0. The number of amides is 2. The lowest BCUT2D eigenvalue weighted by Gasteiger charge is -2.37. The number of aryl methyl sites for hydroxylation is 2. The summed E-state index contributed by atoms with van der Waals surface area (Å²) in [6, 6.07) is -0.0569. The molecule has 1 aliphatic rings. The SMILES string of the molecule is Cc1ocnc1C(=O)N(C)C[C@H]1CCCCN1C(=O)c1ncoc1C. The minimum absolute atomic E-state index is 0.0569. The van der Waals surface area contributed by atoms with Crippen LogP contribution in [-0.2, 0) is 0 Å². The summed E-state index contributed by atoms with van der Waals surface area (Å²) in [5.74, 6) is 0.653. The molecule has 0 bridgehead atoms. The largest absolute Gasteiger partial charge is 0.448 e. The lowest BCUT2D eigenvalue weighted by molar-refractivity contribution is 0.0512. The van der Waals surface area contributed by atoms with Gasteiger partial charge in [0.15, 0.2) is 24.2 Å². The van der Waals surface area contributed by atoms with Crippen molar-refractivity contribution in [2.75, 3.05) is 20.1 Å². The van der Waals surface area contributed by atoms with Gasteiger partial charge in [0.25, 0.3) is 11.8 Å². The second-order valence-electron chi connectivity index (χ2n) is 6.35. The predicted molar refractivity (Wildman–Crippen MR) is 88.1 cm³/mol. The topological polar surface area (TPSA) is 92.7 Å². The van der Waals surface area contributed by atoms with Crippen LogP contribution in [-0.4, -0.2) is 57.8 Å². The smallest absolute Gasteiger partial charge is 0.276 e. The zero-order valence-corrected chi connectivity index (χ0v) is 14.7. The first-order valence-electron chi connectivity index (χ1n) is 8.35. The predicted octanol–water partition coefficient (Wildman–Crippen LogP) is 2.05. The van der Waals surface area contributed by atoms with Crippen LogP contribution in [0.25, 0.3) is 0 Å². The fraction of sp³-hybridized carbons (Fsp3) is 0.529. The molecule has 0 spiro atoms. The fourth-order valence-electron chi connectivity index (χ4n) is 3.19. The molecule has 0 saturated carbocycles. The molecule has 3 rings (SSSR count). The van der Waals surface area contributed by atoms with Crippen LogP contribution in [0.15, 0.2) is 21.6 Å². The lowest BCUT2D eigenvalue weighted by atomic mass is 10.0. The molecule has 8 heteroatoms. The van der Waals surface area contributed by atoms with Gasteiger partial charge < -0.3 is 18.6 Å². The summed E-state index contributed by atoms with van der Waals surface area (Å²) in [7, 11) is 1.72. The highest BCUT2D eigenvalue weighted by atomic mass is 16.3. The van der Waals surface area contributed by atoms with E-state index >= 15 is 0 Å². The lowest BCUT2D eigenvalue weighted by Crippen LogP contribution is -2.50. The summed E-state index contributed by atoms with van der Waals surface area (Å²) in [5.41, 5.74) is 0.650. The number of piperidine rings is 1. The summed E-state index contributed by atoms with van der Waals surface area (Å²) in [6.07, 6.45) is 5.36. The standard InChI is InChI=1S/C17H22N4O4/c1-11-14(18-9-24-11)16(22)20(3)8-13-6-4-5-7-21(13)17(23)15-12(2)25-10-19-15/h9-10,13H,4-8H2,1-3H3/t13-/m1/s1. The van der Waals surface area contributed by atoms with Gasteiger partial charge in [-0.1, -0.05) is 0 Å². The summed E-state index contributed by atoms with van der Waals surface area (Å²) in [6.45, 7) is 4.52. The molecule has 134 valence electrons. The molecule has 0 unspecified atom stereocenters. The molecule has 0 aliphatic carbocycles. The average molecular weight is 346 g/mol. The third-order valence-corrected chi connectivity index (χ3v) is 4.61. The van der Waals surface area contributed by atoms with Gasteiger partial charge in [-0.25, -0.2) is 9.97 Å². The van der Waals surface area contributed by atoms with E-state index in [1.54, 1.807) is 30.7 Å². The third-order valence-electron chi connectivity index (χ3n) is 4.61. The van der Waals surface area contributed by atoms with E-state index in [0.29, 0.717) is 36.0 Å². The van der Waals surface area contributed by atoms with Crippen LogP contribution < -0.4 is 0 Å². The molecule has 1 aliphatic heterocycles.